The highest BCUT2D eigenvalue weighted by Crippen LogP contribution is 2.34. The van der Waals surface area contributed by atoms with Crippen molar-refractivity contribution in [1.29, 1.82) is 0 Å². The molecule has 3 aromatic rings. The summed E-state index contributed by atoms with van der Waals surface area (Å²) in [6.07, 6.45) is -2.97. The Morgan fingerprint density at radius 3 is 2.45 bits per heavy atom. The molecule has 1 aliphatic rings. The van der Waals surface area contributed by atoms with E-state index in [0.29, 0.717) is 28.9 Å². The van der Waals surface area contributed by atoms with Crippen LogP contribution in [0.5, 0.6) is 11.5 Å². The van der Waals surface area contributed by atoms with Crippen LogP contribution in [0.3, 0.4) is 0 Å². The fourth-order valence-corrected chi connectivity index (χ4v) is 3.60. The summed E-state index contributed by atoms with van der Waals surface area (Å²) in [5.41, 5.74) is 1.93. The molecular weight excluding hydrogens is 507 g/mol. The molecule has 10 nitrogen and oxygen atoms in total. The van der Waals surface area contributed by atoms with Gasteiger partial charge in [-0.25, -0.2) is 14.8 Å². The van der Waals surface area contributed by atoms with Crippen LogP contribution in [0.25, 0.3) is 0 Å². The van der Waals surface area contributed by atoms with Gasteiger partial charge >= 0.3 is 12.5 Å². The summed E-state index contributed by atoms with van der Waals surface area (Å²) in [6, 6.07) is 12.1. The van der Waals surface area contributed by atoms with E-state index >= 15 is 0 Å². The maximum Gasteiger partial charge on any atom is 0.573 e. The summed E-state index contributed by atoms with van der Waals surface area (Å²) in [6.45, 7) is 1.83. The van der Waals surface area contributed by atoms with E-state index in [2.05, 4.69) is 25.1 Å². The molecular formula is C25H22F3N5O5. The summed E-state index contributed by atoms with van der Waals surface area (Å²) in [7, 11) is 1.22. The van der Waals surface area contributed by atoms with Gasteiger partial charge in [-0.15, -0.1) is 13.2 Å². The highest BCUT2D eigenvalue weighted by atomic mass is 19.4. The van der Waals surface area contributed by atoms with E-state index in [4.69, 9.17) is 9.47 Å². The average Bonchev–Trinajstić information content (AvgIpc) is 2.90. The highest BCUT2D eigenvalue weighted by Gasteiger charge is 2.34. The lowest BCUT2D eigenvalue weighted by Crippen LogP contribution is -2.41. The lowest BCUT2D eigenvalue weighted by molar-refractivity contribution is -0.275. The summed E-state index contributed by atoms with van der Waals surface area (Å²) < 4.78 is 52.7. The van der Waals surface area contributed by atoms with Gasteiger partial charge in [0.05, 0.1) is 13.7 Å². The maximum atomic E-state index is 12.7. The Labute approximate surface area is 215 Å². The summed E-state index contributed by atoms with van der Waals surface area (Å²) in [5, 5.41) is 8.23. The minimum atomic E-state index is -4.89. The molecule has 1 atom stereocenters. The number of anilines is 1. The molecule has 1 N–H and O–H groups in total. The summed E-state index contributed by atoms with van der Waals surface area (Å²) in [4.78, 5) is 32.6. The van der Waals surface area contributed by atoms with Gasteiger partial charge in [0.15, 0.2) is 11.5 Å². The van der Waals surface area contributed by atoms with E-state index in [-0.39, 0.29) is 18.1 Å². The third kappa shape index (κ3) is 6.35. The molecule has 0 saturated heterocycles. The predicted octanol–water partition coefficient (Wildman–Crippen LogP) is 4.77. The fraction of sp³-hybridized carbons (Fsp3) is 0.240. The zero-order valence-corrected chi connectivity index (χ0v) is 20.2. The first-order chi connectivity index (χ1) is 18.2. The predicted molar refractivity (Wildman–Crippen MR) is 129 cm³/mol. The molecule has 0 fully saturated rings. The van der Waals surface area contributed by atoms with Gasteiger partial charge in [-0.2, -0.15) is 10.1 Å². The number of halogens is 3. The van der Waals surface area contributed by atoms with Gasteiger partial charge < -0.3 is 19.5 Å². The number of carbonyl (C=O) groups is 2. The number of carbonyl (C=O) groups excluding carboxylic acids is 2. The third-order valence-electron chi connectivity index (χ3n) is 5.36. The monoisotopic (exact) mass is 529 g/mol. The normalized spacial score (nSPS) is 15.4. The molecule has 0 aliphatic carbocycles. The van der Waals surface area contributed by atoms with Crippen LogP contribution < -0.4 is 14.8 Å². The molecule has 0 saturated carbocycles. The van der Waals surface area contributed by atoms with Crippen molar-refractivity contribution in [1.82, 2.24) is 15.0 Å². The van der Waals surface area contributed by atoms with E-state index in [9.17, 15) is 22.8 Å². The zero-order valence-electron chi connectivity index (χ0n) is 20.2. The number of nitrogens with zero attached hydrogens (tertiary/aromatic N) is 4. The molecule has 0 bridgehead atoms. The number of methoxy groups -OCH3 is 1. The SMILES string of the molecule is CCC1OC(=O)N(Cc2ccc(NC(=O)c3ncccn3)cc2)N=C1c1ccc(OC(F)(F)F)c(OC)c1. The van der Waals surface area contributed by atoms with Gasteiger partial charge in [-0.1, -0.05) is 19.1 Å². The van der Waals surface area contributed by atoms with Crippen LogP contribution in [-0.4, -0.2) is 52.3 Å². The number of amides is 2. The highest BCUT2D eigenvalue weighted by molar-refractivity contribution is 6.06. The Morgan fingerprint density at radius 2 is 1.82 bits per heavy atom. The maximum absolute atomic E-state index is 12.7. The van der Waals surface area contributed by atoms with Crippen molar-refractivity contribution in [2.24, 2.45) is 5.10 Å². The Morgan fingerprint density at radius 1 is 1.11 bits per heavy atom. The first-order valence-corrected chi connectivity index (χ1v) is 11.3. The number of rotatable bonds is 8. The van der Waals surface area contributed by atoms with Gasteiger partial charge in [0, 0.05) is 23.6 Å². The van der Waals surface area contributed by atoms with Crippen molar-refractivity contribution in [3.8, 4) is 11.5 Å². The number of hydrogen-bond acceptors (Lipinski definition) is 8. The number of nitrogens with one attached hydrogen (secondary N) is 1. The summed E-state index contributed by atoms with van der Waals surface area (Å²) in [5.74, 6) is -1.11. The number of cyclic esters (lactones) is 1. The molecule has 13 heteroatoms. The molecule has 2 heterocycles. The molecule has 0 radical (unpaired) electrons. The number of benzene rings is 2. The van der Waals surface area contributed by atoms with E-state index < -0.39 is 30.2 Å². The third-order valence-corrected chi connectivity index (χ3v) is 5.36. The molecule has 2 aromatic carbocycles. The van der Waals surface area contributed by atoms with Gasteiger partial charge in [0.1, 0.15) is 11.8 Å². The Kier molecular flexibility index (Phi) is 7.74. The van der Waals surface area contributed by atoms with Gasteiger partial charge in [0.25, 0.3) is 5.91 Å². The molecule has 38 heavy (non-hydrogen) atoms. The molecule has 198 valence electrons. The second-order valence-electron chi connectivity index (χ2n) is 7.96. The zero-order chi connectivity index (χ0) is 27.3. The van der Waals surface area contributed by atoms with Crippen LogP contribution in [0.2, 0.25) is 0 Å². The lowest BCUT2D eigenvalue weighted by atomic mass is 10.0. The van der Waals surface area contributed by atoms with E-state index in [1.165, 1.54) is 31.6 Å². The smallest absolute Gasteiger partial charge is 0.493 e. The second kappa shape index (κ2) is 11.2. The van der Waals surface area contributed by atoms with Crippen LogP contribution in [-0.2, 0) is 11.3 Å². The van der Waals surface area contributed by atoms with Crippen LogP contribution >= 0.6 is 0 Å². The first-order valence-electron chi connectivity index (χ1n) is 11.3. The van der Waals surface area contributed by atoms with E-state index in [1.807, 2.05) is 0 Å². The standard InChI is InChI=1S/C25H22F3N5O5/c1-3-18-21(16-7-10-19(20(13-16)36-2)38-25(26,27)28)32-33(24(35)37-18)14-15-5-8-17(9-6-15)31-23(34)22-29-11-4-12-30-22/h4-13,18H,3,14H2,1-2H3,(H,31,34). The van der Waals surface area contributed by atoms with Crippen molar-refractivity contribution in [2.45, 2.75) is 32.4 Å². The number of ether oxygens (including phenoxy) is 3. The topological polar surface area (TPSA) is 115 Å². The van der Waals surface area contributed by atoms with Crippen molar-refractivity contribution >= 4 is 23.4 Å². The quantitative estimate of drug-likeness (QED) is 0.447. The number of hydrogen-bond donors (Lipinski definition) is 1. The van der Waals surface area contributed by atoms with Crippen molar-refractivity contribution in [3.05, 3.63) is 77.9 Å². The van der Waals surface area contributed by atoms with Gasteiger partial charge in [-0.3, -0.25) is 4.79 Å². The van der Waals surface area contributed by atoms with Crippen molar-refractivity contribution < 1.29 is 37.0 Å². The van der Waals surface area contributed by atoms with Crippen LogP contribution in [0.15, 0.2) is 66.0 Å². The Bertz CT molecular complexity index is 1330. The molecule has 0 spiro atoms. The summed E-state index contributed by atoms with van der Waals surface area (Å²) >= 11 is 0. The molecule has 2 amide bonds. The van der Waals surface area contributed by atoms with E-state index in [0.717, 1.165) is 11.1 Å². The first kappa shape index (κ1) is 26.4. The molecule has 1 unspecified atom stereocenters. The lowest BCUT2D eigenvalue weighted by Gasteiger charge is -2.29. The average molecular weight is 529 g/mol. The van der Waals surface area contributed by atoms with Gasteiger partial charge in [-0.05, 0) is 48.4 Å². The fourth-order valence-electron chi connectivity index (χ4n) is 3.60. The largest absolute Gasteiger partial charge is 0.573 e. The number of aromatic nitrogens is 2. The van der Waals surface area contributed by atoms with Crippen LogP contribution in [0.1, 0.15) is 35.1 Å². The van der Waals surface area contributed by atoms with Crippen molar-refractivity contribution in [3.63, 3.8) is 0 Å². The Hall–Kier alpha value is -4.68. The second-order valence-corrected chi connectivity index (χ2v) is 7.96. The Balaban J connectivity index is 1.53. The number of hydrazone groups is 1. The van der Waals surface area contributed by atoms with Gasteiger partial charge in [0.2, 0.25) is 5.82 Å². The number of alkyl halides is 3. The minimum Gasteiger partial charge on any atom is -0.493 e. The van der Waals surface area contributed by atoms with Crippen LogP contribution in [0.4, 0.5) is 23.7 Å². The minimum absolute atomic E-state index is 0.0228. The van der Waals surface area contributed by atoms with Crippen LogP contribution in [0, 0.1) is 0 Å². The van der Waals surface area contributed by atoms with E-state index in [1.54, 1.807) is 37.3 Å². The van der Waals surface area contributed by atoms with Crippen molar-refractivity contribution in [2.75, 3.05) is 12.4 Å². The molecule has 1 aliphatic heterocycles. The molecule has 1 aromatic heterocycles. The molecule has 4 rings (SSSR count).